The van der Waals surface area contributed by atoms with Crippen LogP contribution in [0.25, 0.3) is 10.9 Å². The van der Waals surface area contributed by atoms with E-state index in [0.717, 1.165) is 29.0 Å². The lowest BCUT2D eigenvalue weighted by atomic mass is 9.91. The van der Waals surface area contributed by atoms with Crippen LogP contribution in [-0.2, 0) is 6.42 Å². The van der Waals surface area contributed by atoms with Gasteiger partial charge >= 0.3 is 0 Å². The van der Waals surface area contributed by atoms with Crippen molar-refractivity contribution >= 4 is 26.8 Å². The summed E-state index contributed by atoms with van der Waals surface area (Å²) in [6, 6.07) is 6.37. The molecule has 0 amide bonds. The van der Waals surface area contributed by atoms with Gasteiger partial charge in [-0.05, 0) is 65.8 Å². The van der Waals surface area contributed by atoms with Crippen LogP contribution in [0.15, 0.2) is 22.8 Å². The fourth-order valence-electron chi connectivity index (χ4n) is 2.68. The van der Waals surface area contributed by atoms with E-state index in [1.165, 1.54) is 30.3 Å². The summed E-state index contributed by atoms with van der Waals surface area (Å²) in [4.78, 5) is 0. The number of aromatic amines is 1. The molecule has 0 radical (unpaired) electrons. The topological polar surface area (TPSA) is 40.7 Å². The van der Waals surface area contributed by atoms with Gasteiger partial charge < -0.3 is 5.32 Å². The molecule has 3 rings (SSSR count). The van der Waals surface area contributed by atoms with Gasteiger partial charge in [-0.2, -0.15) is 5.10 Å². The van der Waals surface area contributed by atoms with E-state index < -0.39 is 0 Å². The van der Waals surface area contributed by atoms with E-state index in [0.29, 0.717) is 0 Å². The van der Waals surface area contributed by atoms with Crippen molar-refractivity contribution in [2.75, 3.05) is 13.1 Å². The second-order valence-electron chi connectivity index (χ2n) is 4.77. The molecular formula is C13H16BrN3. The maximum atomic E-state index is 4.28. The zero-order valence-corrected chi connectivity index (χ0v) is 11.3. The summed E-state index contributed by atoms with van der Waals surface area (Å²) in [5, 5.41) is 12.0. The average molecular weight is 294 g/mol. The molecule has 0 aliphatic carbocycles. The maximum Gasteiger partial charge on any atom is 0.109 e. The van der Waals surface area contributed by atoms with Crippen LogP contribution in [0.1, 0.15) is 18.4 Å². The van der Waals surface area contributed by atoms with Crippen molar-refractivity contribution in [3.63, 3.8) is 0 Å². The number of hydrogen-bond acceptors (Lipinski definition) is 2. The van der Waals surface area contributed by atoms with Crippen LogP contribution in [0, 0.1) is 5.92 Å². The Balaban J connectivity index is 1.91. The first kappa shape index (κ1) is 11.2. The highest BCUT2D eigenvalue weighted by atomic mass is 79.9. The van der Waals surface area contributed by atoms with Gasteiger partial charge in [0, 0.05) is 5.39 Å². The summed E-state index contributed by atoms with van der Waals surface area (Å²) < 4.78 is 1.01. The van der Waals surface area contributed by atoms with Crippen molar-refractivity contribution in [3.8, 4) is 0 Å². The zero-order valence-electron chi connectivity index (χ0n) is 9.67. The number of halogens is 1. The first-order valence-electron chi connectivity index (χ1n) is 6.17. The molecule has 2 aromatic rings. The Hall–Kier alpha value is -0.870. The van der Waals surface area contributed by atoms with Gasteiger partial charge in [0.25, 0.3) is 0 Å². The summed E-state index contributed by atoms with van der Waals surface area (Å²) in [7, 11) is 0. The van der Waals surface area contributed by atoms with Crippen LogP contribution in [-0.4, -0.2) is 23.3 Å². The number of fused-ring (bicyclic) bond motifs is 1. The number of hydrogen-bond donors (Lipinski definition) is 2. The lowest BCUT2D eigenvalue weighted by Gasteiger charge is -2.22. The minimum atomic E-state index is 0.760. The number of piperidine rings is 1. The van der Waals surface area contributed by atoms with E-state index >= 15 is 0 Å². The van der Waals surface area contributed by atoms with Gasteiger partial charge in [-0.25, -0.2) is 0 Å². The highest BCUT2D eigenvalue weighted by Crippen LogP contribution is 2.27. The highest BCUT2D eigenvalue weighted by molar-refractivity contribution is 9.10. The van der Waals surface area contributed by atoms with Gasteiger partial charge in [0.15, 0.2) is 0 Å². The van der Waals surface area contributed by atoms with Crippen LogP contribution in [0.2, 0.25) is 0 Å². The van der Waals surface area contributed by atoms with Crippen molar-refractivity contribution in [3.05, 3.63) is 28.4 Å². The third kappa shape index (κ3) is 2.24. The first-order chi connectivity index (χ1) is 8.34. The number of nitrogens with one attached hydrogen (secondary N) is 2. The number of nitrogens with zero attached hydrogens (tertiary/aromatic N) is 1. The van der Waals surface area contributed by atoms with Gasteiger partial charge in [0.1, 0.15) is 4.60 Å². The largest absolute Gasteiger partial charge is 0.316 e. The number of aromatic nitrogens is 2. The van der Waals surface area contributed by atoms with Crippen LogP contribution in [0.3, 0.4) is 0 Å². The minimum absolute atomic E-state index is 0.760. The quantitative estimate of drug-likeness (QED) is 0.894. The third-order valence-electron chi connectivity index (χ3n) is 3.53. The standard InChI is InChI=1S/C13H16BrN3/c14-13-12-10(4-1-5-11(12)16-17-13)7-9-3-2-6-15-8-9/h1,4-5,9,15H,2-3,6-8H2,(H,16,17). The Morgan fingerprint density at radius 2 is 2.35 bits per heavy atom. The smallest absolute Gasteiger partial charge is 0.109 e. The lowest BCUT2D eigenvalue weighted by Crippen LogP contribution is -2.30. The normalized spacial score (nSPS) is 20.9. The summed E-state index contributed by atoms with van der Waals surface area (Å²) in [6.45, 7) is 2.32. The molecule has 1 saturated heterocycles. The van der Waals surface area contributed by atoms with Crippen molar-refractivity contribution < 1.29 is 0 Å². The molecule has 2 heterocycles. The van der Waals surface area contributed by atoms with Crippen LogP contribution >= 0.6 is 15.9 Å². The van der Waals surface area contributed by atoms with E-state index in [1.54, 1.807) is 0 Å². The summed E-state index contributed by atoms with van der Waals surface area (Å²) >= 11 is 3.55. The Bertz CT molecular complexity index is 514. The van der Waals surface area contributed by atoms with E-state index in [2.05, 4.69) is 49.6 Å². The fourth-order valence-corrected chi connectivity index (χ4v) is 3.22. The molecule has 1 aromatic heterocycles. The molecular weight excluding hydrogens is 278 g/mol. The molecule has 0 bridgehead atoms. The van der Waals surface area contributed by atoms with Gasteiger partial charge in [0.2, 0.25) is 0 Å². The van der Waals surface area contributed by atoms with Crippen LogP contribution in [0.4, 0.5) is 0 Å². The summed E-state index contributed by atoms with van der Waals surface area (Å²) in [6.07, 6.45) is 3.77. The lowest BCUT2D eigenvalue weighted by molar-refractivity contribution is 0.377. The molecule has 1 aromatic carbocycles. The van der Waals surface area contributed by atoms with Gasteiger partial charge in [0.05, 0.1) is 5.52 Å². The Morgan fingerprint density at radius 3 is 3.18 bits per heavy atom. The van der Waals surface area contributed by atoms with E-state index in [9.17, 15) is 0 Å². The molecule has 17 heavy (non-hydrogen) atoms. The van der Waals surface area contributed by atoms with Gasteiger partial charge in [-0.15, -0.1) is 0 Å². The summed E-state index contributed by atoms with van der Waals surface area (Å²) in [5.74, 6) is 0.760. The molecule has 90 valence electrons. The second-order valence-corrected chi connectivity index (χ2v) is 5.56. The zero-order chi connectivity index (χ0) is 11.7. The number of benzene rings is 1. The number of rotatable bonds is 2. The third-order valence-corrected chi connectivity index (χ3v) is 4.10. The van der Waals surface area contributed by atoms with Crippen LogP contribution < -0.4 is 5.32 Å². The Labute approximate surface area is 109 Å². The molecule has 1 unspecified atom stereocenters. The number of H-pyrrole nitrogens is 1. The molecule has 0 spiro atoms. The fraction of sp³-hybridized carbons (Fsp3) is 0.462. The first-order valence-corrected chi connectivity index (χ1v) is 6.96. The van der Waals surface area contributed by atoms with E-state index in [4.69, 9.17) is 0 Å². The molecule has 1 aliphatic heterocycles. The molecule has 1 aliphatic rings. The van der Waals surface area contributed by atoms with Gasteiger partial charge in [-0.3, -0.25) is 5.10 Å². The van der Waals surface area contributed by atoms with Crippen LogP contribution in [0.5, 0.6) is 0 Å². The molecule has 1 atom stereocenters. The van der Waals surface area contributed by atoms with E-state index in [1.807, 2.05) is 0 Å². The molecule has 0 saturated carbocycles. The van der Waals surface area contributed by atoms with Crippen molar-refractivity contribution in [2.45, 2.75) is 19.3 Å². The highest BCUT2D eigenvalue weighted by Gasteiger charge is 2.16. The molecule has 4 heteroatoms. The molecule has 2 N–H and O–H groups in total. The Morgan fingerprint density at radius 1 is 1.41 bits per heavy atom. The van der Waals surface area contributed by atoms with E-state index in [-0.39, 0.29) is 0 Å². The van der Waals surface area contributed by atoms with Gasteiger partial charge in [-0.1, -0.05) is 12.1 Å². The van der Waals surface area contributed by atoms with Crippen molar-refractivity contribution in [1.29, 1.82) is 0 Å². The Kier molecular flexibility index (Phi) is 3.16. The predicted octanol–water partition coefficient (Wildman–Crippen LogP) is 2.87. The molecule has 1 fully saturated rings. The van der Waals surface area contributed by atoms with Crippen molar-refractivity contribution in [1.82, 2.24) is 15.5 Å². The predicted molar refractivity (Wildman–Crippen MR) is 73.1 cm³/mol. The average Bonchev–Trinajstić information content (AvgIpc) is 2.74. The summed E-state index contributed by atoms with van der Waals surface area (Å²) in [5.41, 5.74) is 2.45. The minimum Gasteiger partial charge on any atom is -0.316 e. The second kappa shape index (κ2) is 4.78. The SMILES string of the molecule is Brc1[nH]nc2cccc(CC3CCCNC3)c12. The molecule has 3 nitrogen and oxygen atoms in total. The maximum absolute atomic E-state index is 4.28. The van der Waals surface area contributed by atoms with Crippen molar-refractivity contribution in [2.24, 2.45) is 5.92 Å². The monoisotopic (exact) mass is 293 g/mol.